The lowest BCUT2D eigenvalue weighted by molar-refractivity contribution is -0.136. The molecule has 5 rings (SSSR count). The number of amides is 1. The van der Waals surface area contributed by atoms with Crippen LogP contribution in [0.2, 0.25) is 5.02 Å². The van der Waals surface area contributed by atoms with Gasteiger partial charge in [-0.2, -0.15) is 0 Å². The second-order valence-electron chi connectivity index (χ2n) is 9.79. The molecule has 1 spiro atoms. The number of aromatic nitrogens is 2. The average Bonchev–Trinajstić information content (AvgIpc) is 3.13. The molecule has 1 saturated carbocycles. The van der Waals surface area contributed by atoms with Crippen molar-refractivity contribution in [3.8, 4) is 0 Å². The summed E-state index contributed by atoms with van der Waals surface area (Å²) >= 11 is 6.21. The molecular formula is C24H31ClN4O. The third-order valence-corrected chi connectivity index (χ3v) is 7.44. The van der Waals surface area contributed by atoms with Crippen LogP contribution in [0.25, 0.3) is 0 Å². The predicted octanol–water partition coefficient (Wildman–Crippen LogP) is 4.35. The van der Waals surface area contributed by atoms with E-state index in [0.29, 0.717) is 11.9 Å². The Morgan fingerprint density at radius 1 is 1.30 bits per heavy atom. The van der Waals surface area contributed by atoms with Crippen LogP contribution in [-0.2, 0) is 11.3 Å². The molecule has 0 radical (unpaired) electrons. The Balaban J connectivity index is 1.43. The van der Waals surface area contributed by atoms with E-state index in [1.54, 1.807) is 0 Å². The van der Waals surface area contributed by atoms with Gasteiger partial charge in [0, 0.05) is 55.9 Å². The van der Waals surface area contributed by atoms with Crippen LogP contribution in [0.15, 0.2) is 36.8 Å². The van der Waals surface area contributed by atoms with Gasteiger partial charge in [-0.25, -0.2) is 4.98 Å². The Labute approximate surface area is 184 Å². The molecule has 6 heteroatoms. The quantitative estimate of drug-likeness (QED) is 0.689. The van der Waals surface area contributed by atoms with Gasteiger partial charge in [0.15, 0.2) is 0 Å². The molecule has 1 aromatic carbocycles. The number of hydrogen-bond acceptors (Lipinski definition) is 3. The average molecular weight is 427 g/mol. The number of halogens is 1. The van der Waals surface area contributed by atoms with Gasteiger partial charge in [-0.05, 0) is 56.7 Å². The highest BCUT2D eigenvalue weighted by Crippen LogP contribution is 2.50. The Morgan fingerprint density at radius 3 is 2.83 bits per heavy atom. The van der Waals surface area contributed by atoms with E-state index in [-0.39, 0.29) is 11.3 Å². The molecule has 2 aromatic rings. The molecule has 1 aromatic heterocycles. The van der Waals surface area contributed by atoms with Crippen molar-refractivity contribution in [1.29, 1.82) is 0 Å². The minimum Gasteiger partial charge on any atom is -0.342 e. The molecule has 0 unspecified atom stereocenters. The summed E-state index contributed by atoms with van der Waals surface area (Å²) in [5.41, 5.74) is 1.93. The minimum absolute atomic E-state index is 0.147. The van der Waals surface area contributed by atoms with Crippen molar-refractivity contribution in [2.75, 3.05) is 26.2 Å². The second kappa shape index (κ2) is 7.69. The molecule has 1 amide bonds. The summed E-state index contributed by atoms with van der Waals surface area (Å²) in [6.45, 7) is 8.66. The van der Waals surface area contributed by atoms with E-state index < -0.39 is 0 Å². The minimum atomic E-state index is -0.344. The number of hydrogen-bond donors (Lipinski definition) is 0. The van der Waals surface area contributed by atoms with Crippen molar-refractivity contribution >= 4 is 17.5 Å². The molecule has 2 saturated heterocycles. The maximum absolute atomic E-state index is 13.7. The normalized spacial score (nSPS) is 27.1. The van der Waals surface area contributed by atoms with Crippen LogP contribution in [-0.4, -0.2) is 51.4 Å². The fourth-order valence-corrected chi connectivity index (χ4v) is 5.54. The maximum Gasteiger partial charge on any atom is 0.230 e. The number of carbonyl (C=O) groups is 1. The van der Waals surface area contributed by atoms with E-state index >= 15 is 0 Å². The van der Waals surface area contributed by atoms with Gasteiger partial charge >= 0.3 is 0 Å². The smallest absolute Gasteiger partial charge is 0.230 e. The van der Waals surface area contributed by atoms with Crippen LogP contribution >= 0.6 is 11.6 Å². The van der Waals surface area contributed by atoms with Crippen LogP contribution in [0.3, 0.4) is 0 Å². The number of nitrogens with zero attached hydrogens (tertiary/aromatic N) is 4. The highest BCUT2D eigenvalue weighted by molar-refractivity contribution is 6.30. The van der Waals surface area contributed by atoms with Crippen LogP contribution in [0.5, 0.6) is 0 Å². The third kappa shape index (κ3) is 3.67. The van der Waals surface area contributed by atoms with Crippen molar-refractivity contribution in [2.45, 2.75) is 51.6 Å². The van der Waals surface area contributed by atoms with Gasteiger partial charge in [0.25, 0.3) is 0 Å². The molecule has 0 bridgehead atoms. The summed E-state index contributed by atoms with van der Waals surface area (Å²) in [5.74, 6) is 1.23. The Bertz CT molecular complexity index is 937. The molecular weight excluding hydrogens is 396 g/mol. The zero-order valence-electron chi connectivity index (χ0n) is 17.9. The van der Waals surface area contributed by atoms with Gasteiger partial charge in [0.05, 0.1) is 17.4 Å². The van der Waals surface area contributed by atoms with Gasteiger partial charge in [-0.1, -0.05) is 23.7 Å². The number of imidazole rings is 1. The van der Waals surface area contributed by atoms with E-state index in [2.05, 4.69) is 40.5 Å². The van der Waals surface area contributed by atoms with E-state index in [4.69, 9.17) is 16.6 Å². The van der Waals surface area contributed by atoms with Gasteiger partial charge in [0.1, 0.15) is 0 Å². The van der Waals surface area contributed by atoms with Gasteiger partial charge in [-0.15, -0.1) is 0 Å². The summed E-state index contributed by atoms with van der Waals surface area (Å²) in [6, 6.07) is 8.44. The zero-order valence-corrected chi connectivity index (χ0v) is 18.7. The zero-order chi connectivity index (χ0) is 20.9. The lowest BCUT2D eigenvalue weighted by Crippen LogP contribution is -2.40. The lowest BCUT2D eigenvalue weighted by Gasteiger charge is -2.28. The number of carbonyl (C=O) groups excluding carboxylic acids is 1. The molecule has 30 heavy (non-hydrogen) atoms. The van der Waals surface area contributed by atoms with Crippen LogP contribution in [0.1, 0.15) is 56.3 Å². The lowest BCUT2D eigenvalue weighted by atomic mass is 9.75. The Kier molecular flexibility index (Phi) is 5.14. The van der Waals surface area contributed by atoms with Gasteiger partial charge in [0.2, 0.25) is 5.91 Å². The largest absolute Gasteiger partial charge is 0.342 e. The van der Waals surface area contributed by atoms with Crippen molar-refractivity contribution < 1.29 is 4.79 Å². The fourth-order valence-electron chi connectivity index (χ4n) is 5.33. The number of rotatable bonds is 6. The van der Waals surface area contributed by atoms with Crippen LogP contribution in [0, 0.1) is 11.3 Å². The third-order valence-electron chi connectivity index (χ3n) is 7.20. The van der Waals surface area contributed by atoms with Crippen LogP contribution < -0.4 is 0 Å². The van der Waals surface area contributed by atoms with Gasteiger partial charge in [-0.3, -0.25) is 9.69 Å². The molecule has 160 valence electrons. The van der Waals surface area contributed by atoms with E-state index in [0.717, 1.165) is 55.8 Å². The molecule has 2 aliphatic heterocycles. The topological polar surface area (TPSA) is 41.4 Å². The van der Waals surface area contributed by atoms with E-state index in [9.17, 15) is 4.79 Å². The number of likely N-dealkylation sites (tertiary alicyclic amines) is 2. The first-order valence-corrected chi connectivity index (χ1v) is 11.6. The molecule has 0 N–H and O–H groups in total. The summed E-state index contributed by atoms with van der Waals surface area (Å²) in [6.07, 6.45) is 7.58. The highest BCUT2D eigenvalue weighted by Gasteiger charge is 2.58. The predicted molar refractivity (Wildman–Crippen MR) is 118 cm³/mol. The molecule has 1 aliphatic carbocycles. The molecule has 3 fully saturated rings. The number of benzene rings is 1. The van der Waals surface area contributed by atoms with Crippen LogP contribution in [0.4, 0.5) is 0 Å². The SMILES string of the molecule is CC(C)n1cnc([C@H]2CN(Cc3cccc(Cl)c3)C[C@@]23CCN(CC2CC2)C3=O)c1. The van der Waals surface area contributed by atoms with Crippen molar-refractivity contribution in [2.24, 2.45) is 11.3 Å². The van der Waals surface area contributed by atoms with Crippen molar-refractivity contribution in [3.05, 3.63) is 53.1 Å². The van der Waals surface area contributed by atoms with Crippen molar-refractivity contribution in [3.63, 3.8) is 0 Å². The standard InChI is InChI=1S/C24H31ClN4O/c1-17(2)29-14-22(26-16-29)21-13-27(11-19-4-3-5-20(25)10-19)15-24(21)8-9-28(23(24)30)12-18-6-7-18/h3-5,10,14,16-18,21H,6-9,11-13,15H2,1-2H3/t21-,24+/m1/s1. The highest BCUT2D eigenvalue weighted by atomic mass is 35.5. The first-order chi connectivity index (χ1) is 14.4. The molecule has 2 atom stereocenters. The molecule has 5 nitrogen and oxygen atoms in total. The summed E-state index contributed by atoms with van der Waals surface area (Å²) in [4.78, 5) is 23.1. The van der Waals surface area contributed by atoms with E-state index in [1.807, 2.05) is 24.5 Å². The fraction of sp³-hybridized carbons (Fsp3) is 0.583. The molecule has 3 heterocycles. The second-order valence-corrected chi connectivity index (χ2v) is 10.2. The summed E-state index contributed by atoms with van der Waals surface area (Å²) in [7, 11) is 0. The maximum atomic E-state index is 13.7. The first kappa shape index (κ1) is 20.1. The Morgan fingerprint density at radius 2 is 2.13 bits per heavy atom. The monoisotopic (exact) mass is 426 g/mol. The summed E-state index contributed by atoms with van der Waals surface area (Å²) in [5, 5.41) is 0.765. The van der Waals surface area contributed by atoms with E-state index in [1.165, 1.54) is 18.4 Å². The Hall–Kier alpha value is -1.85. The first-order valence-electron chi connectivity index (χ1n) is 11.2. The summed E-state index contributed by atoms with van der Waals surface area (Å²) < 4.78 is 2.16. The van der Waals surface area contributed by atoms with Crippen molar-refractivity contribution in [1.82, 2.24) is 19.4 Å². The molecule has 3 aliphatic rings. The van der Waals surface area contributed by atoms with Gasteiger partial charge < -0.3 is 9.47 Å².